The van der Waals surface area contributed by atoms with Crippen LogP contribution in [0.1, 0.15) is 0 Å². The van der Waals surface area contributed by atoms with E-state index in [4.69, 9.17) is 21.4 Å². The first-order chi connectivity index (χ1) is 6.65. The average molecular weight is 221 g/mol. The minimum Gasteiger partial charge on any atom is -0.508 e. The summed E-state index contributed by atoms with van der Waals surface area (Å²) in [5.74, 6) is 0.642. The SMILES string of the molecule is COOC.COc1cc(O)ccc1Cl. The molecule has 0 bridgehead atoms. The molecule has 0 aromatic heterocycles. The Hall–Kier alpha value is -0.970. The quantitative estimate of drug-likeness (QED) is 0.614. The third kappa shape index (κ3) is 4.91. The number of hydrogen-bond acceptors (Lipinski definition) is 4. The summed E-state index contributed by atoms with van der Waals surface area (Å²) in [5.41, 5.74) is 0. The van der Waals surface area contributed by atoms with Gasteiger partial charge >= 0.3 is 0 Å². The van der Waals surface area contributed by atoms with Gasteiger partial charge in [0.15, 0.2) is 0 Å². The van der Waals surface area contributed by atoms with Gasteiger partial charge in [-0.1, -0.05) is 11.6 Å². The number of methoxy groups -OCH3 is 1. The van der Waals surface area contributed by atoms with Gasteiger partial charge in [-0.3, -0.25) is 0 Å². The number of phenols is 1. The summed E-state index contributed by atoms with van der Waals surface area (Å²) >= 11 is 5.66. The summed E-state index contributed by atoms with van der Waals surface area (Å²) in [4.78, 5) is 8.08. The van der Waals surface area contributed by atoms with Gasteiger partial charge in [-0.25, -0.2) is 9.78 Å². The van der Waals surface area contributed by atoms with E-state index in [0.717, 1.165) is 0 Å². The molecule has 80 valence electrons. The van der Waals surface area contributed by atoms with Crippen LogP contribution in [0.2, 0.25) is 5.02 Å². The highest BCUT2D eigenvalue weighted by Crippen LogP contribution is 2.27. The van der Waals surface area contributed by atoms with Gasteiger partial charge in [0, 0.05) is 6.07 Å². The maximum absolute atomic E-state index is 8.93. The van der Waals surface area contributed by atoms with Crippen molar-refractivity contribution in [2.75, 3.05) is 21.3 Å². The van der Waals surface area contributed by atoms with Gasteiger partial charge in [-0.05, 0) is 12.1 Å². The molecule has 5 heteroatoms. The largest absolute Gasteiger partial charge is 0.508 e. The third-order valence-electron chi connectivity index (χ3n) is 1.30. The Morgan fingerprint density at radius 1 is 1.14 bits per heavy atom. The van der Waals surface area contributed by atoms with Crippen molar-refractivity contribution >= 4 is 11.6 Å². The van der Waals surface area contributed by atoms with Crippen molar-refractivity contribution in [2.24, 2.45) is 0 Å². The zero-order valence-corrected chi connectivity index (χ0v) is 9.04. The van der Waals surface area contributed by atoms with Crippen molar-refractivity contribution < 1.29 is 19.6 Å². The number of halogens is 1. The number of hydrogen-bond donors (Lipinski definition) is 1. The van der Waals surface area contributed by atoms with Gasteiger partial charge in [-0.15, -0.1) is 0 Å². The van der Waals surface area contributed by atoms with Crippen LogP contribution in [0.4, 0.5) is 0 Å². The van der Waals surface area contributed by atoms with Crippen molar-refractivity contribution in [3.05, 3.63) is 23.2 Å². The zero-order chi connectivity index (χ0) is 11.0. The number of phenolic OH excluding ortho intramolecular Hbond substituents is 1. The van der Waals surface area contributed by atoms with E-state index in [0.29, 0.717) is 10.8 Å². The topological polar surface area (TPSA) is 47.9 Å². The van der Waals surface area contributed by atoms with Gasteiger partial charge in [0.2, 0.25) is 0 Å². The van der Waals surface area contributed by atoms with E-state index < -0.39 is 0 Å². The molecule has 0 saturated carbocycles. The minimum atomic E-state index is 0.154. The Balaban J connectivity index is 0.000000364. The Kier molecular flexibility index (Phi) is 6.92. The Morgan fingerprint density at radius 2 is 1.71 bits per heavy atom. The van der Waals surface area contributed by atoms with Gasteiger partial charge in [0.1, 0.15) is 11.5 Å². The number of aromatic hydroxyl groups is 1. The molecule has 1 rings (SSSR count). The fourth-order valence-electron chi connectivity index (χ4n) is 0.648. The van der Waals surface area contributed by atoms with Crippen molar-refractivity contribution in [3.63, 3.8) is 0 Å². The van der Waals surface area contributed by atoms with E-state index in [1.807, 2.05) is 0 Å². The molecule has 0 atom stereocenters. The second-order valence-corrected chi connectivity index (χ2v) is 2.56. The zero-order valence-electron chi connectivity index (χ0n) is 8.28. The molecule has 0 heterocycles. The van der Waals surface area contributed by atoms with Crippen LogP contribution in [0.5, 0.6) is 11.5 Å². The highest BCUT2D eigenvalue weighted by atomic mass is 35.5. The lowest BCUT2D eigenvalue weighted by molar-refractivity contribution is -0.248. The van der Waals surface area contributed by atoms with Crippen molar-refractivity contribution in [2.45, 2.75) is 0 Å². The minimum absolute atomic E-state index is 0.154. The van der Waals surface area contributed by atoms with Gasteiger partial charge in [-0.2, -0.15) is 0 Å². The molecule has 0 amide bonds. The van der Waals surface area contributed by atoms with Gasteiger partial charge in [0.25, 0.3) is 0 Å². The maximum Gasteiger partial charge on any atom is 0.141 e. The summed E-state index contributed by atoms with van der Waals surface area (Å²) < 4.78 is 4.83. The summed E-state index contributed by atoms with van der Waals surface area (Å²) in [7, 11) is 4.42. The summed E-state index contributed by atoms with van der Waals surface area (Å²) in [6.07, 6.45) is 0. The Labute approximate surface area is 87.9 Å². The van der Waals surface area contributed by atoms with Crippen LogP contribution in [0.15, 0.2) is 18.2 Å². The van der Waals surface area contributed by atoms with Crippen LogP contribution in [-0.2, 0) is 9.78 Å². The van der Waals surface area contributed by atoms with E-state index in [1.54, 1.807) is 6.07 Å². The third-order valence-corrected chi connectivity index (χ3v) is 1.61. The number of ether oxygens (including phenoxy) is 1. The fourth-order valence-corrected chi connectivity index (χ4v) is 0.843. The van der Waals surface area contributed by atoms with E-state index in [-0.39, 0.29) is 5.75 Å². The molecule has 1 aromatic carbocycles. The maximum atomic E-state index is 8.93. The monoisotopic (exact) mass is 220 g/mol. The second kappa shape index (κ2) is 7.44. The summed E-state index contributed by atoms with van der Waals surface area (Å²) in [5, 5.41) is 9.43. The van der Waals surface area contributed by atoms with Crippen LogP contribution in [-0.4, -0.2) is 26.4 Å². The van der Waals surface area contributed by atoms with E-state index >= 15 is 0 Å². The molecular formula is C9H13ClO4. The lowest BCUT2D eigenvalue weighted by Gasteiger charge is -2.01. The smallest absolute Gasteiger partial charge is 0.141 e. The van der Waals surface area contributed by atoms with Crippen LogP contribution in [0.3, 0.4) is 0 Å². The molecule has 0 unspecified atom stereocenters. The van der Waals surface area contributed by atoms with Crippen LogP contribution in [0, 0.1) is 0 Å². The normalized spacial score (nSPS) is 8.86. The highest BCUT2D eigenvalue weighted by Gasteiger charge is 1.98. The van der Waals surface area contributed by atoms with Crippen molar-refractivity contribution in [3.8, 4) is 11.5 Å². The molecule has 0 radical (unpaired) electrons. The fraction of sp³-hybridized carbons (Fsp3) is 0.333. The Morgan fingerprint density at radius 3 is 2.07 bits per heavy atom. The lowest BCUT2D eigenvalue weighted by Crippen LogP contribution is -1.82. The van der Waals surface area contributed by atoms with Crippen LogP contribution >= 0.6 is 11.6 Å². The molecule has 1 aromatic rings. The molecule has 14 heavy (non-hydrogen) atoms. The lowest BCUT2D eigenvalue weighted by atomic mass is 10.3. The molecular weight excluding hydrogens is 208 g/mol. The predicted molar refractivity (Wildman–Crippen MR) is 53.7 cm³/mol. The number of benzene rings is 1. The van der Waals surface area contributed by atoms with Gasteiger partial charge < -0.3 is 9.84 Å². The molecule has 0 saturated heterocycles. The first kappa shape index (κ1) is 13.0. The molecule has 0 fully saturated rings. The standard InChI is InChI=1S/C7H7ClO2.C2H6O2/c1-10-7-4-5(9)2-3-6(7)8;1-3-4-2/h2-4,9H,1H3;1-2H3. The van der Waals surface area contributed by atoms with Gasteiger partial charge in [0.05, 0.1) is 26.4 Å². The molecule has 0 aliphatic heterocycles. The van der Waals surface area contributed by atoms with Crippen LogP contribution in [0.25, 0.3) is 0 Å². The predicted octanol–water partition coefficient (Wildman–Crippen LogP) is 2.25. The first-order valence-corrected chi connectivity index (χ1v) is 4.12. The van der Waals surface area contributed by atoms with E-state index in [9.17, 15) is 0 Å². The molecule has 0 aliphatic carbocycles. The second-order valence-electron chi connectivity index (χ2n) is 2.15. The molecule has 4 nitrogen and oxygen atoms in total. The Bertz CT molecular complexity index is 263. The molecule has 1 N–H and O–H groups in total. The highest BCUT2D eigenvalue weighted by molar-refractivity contribution is 6.32. The van der Waals surface area contributed by atoms with Crippen LogP contribution < -0.4 is 4.74 Å². The first-order valence-electron chi connectivity index (χ1n) is 3.75. The molecule has 0 aliphatic rings. The summed E-state index contributed by atoms with van der Waals surface area (Å²) in [6.45, 7) is 0. The number of rotatable bonds is 2. The molecule has 0 spiro atoms. The average Bonchev–Trinajstić information content (AvgIpc) is 2.22. The van der Waals surface area contributed by atoms with E-state index in [1.165, 1.54) is 33.5 Å². The van der Waals surface area contributed by atoms with Crippen molar-refractivity contribution in [1.29, 1.82) is 0 Å². The summed E-state index contributed by atoms with van der Waals surface area (Å²) in [6, 6.07) is 4.54. The van der Waals surface area contributed by atoms with E-state index in [2.05, 4.69) is 9.78 Å². The van der Waals surface area contributed by atoms with Crippen molar-refractivity contribution in [1.82, 2.24) is 0 Å².